The molecule has 0 bridgehead atoms. The van der Waals surface area contributed by atoms with Crippen LogP contribution >= 0.6 is 15.9 Å². The van der Waals surface area contributed by atoms with Gasteiger partial charge >= 0.3 is 0 Å². The highest BCUT2D eigenvalue weighted by molar-refractivity contribution is 9.10. The molecule has 0 saturated carbocycles. The molecule has 2 N–H and O–H groups in total. The number of rotatable bonds is 7. The molecule has 0 aliphatic rings. The second kappa shape index (κ2) is 7.80. The normalized spacial score (nSPS) is 11.0. The fourth-order valence-electron chi connectivity index (χ4n) is 2.17. The minimum atomic E-state index is 0.583. The molecule has 0 aliphatic heterocycles. The zero-order valence-electron chi connectivity index (χ0n) is 11.7. The Balaban J connectivity index is 2.84. The van der Waals surface area contributed by atoms with Gasteiger partial charge in [0.1, 0.15) is 0 Å². The molecule has 1 rings (SSSR count). The van der Waals surface area contributed by atoms with Crippen LogP contribution in [-0.2, 0) is 6.54 Å². The molecule has 0 radical (unpaired) electrons. The summed E-state index contributed by atoms with van der Waals surface area (Å²) in [5, 5.41) is 0. The summed E-state index contributed by atoms with van der Waals surface area (Å²) in [6, 6.07) is 6.49. The molecular weight excluding hydrogens is 288 g/mol. The number of hydrogen-bond donors (Lipinski definition) is 1. The molecule has 0 amide bonds. The number of hydrogen-bond acceptors (Lipinski definition) is 2. The third-order valence-corrected chi connectivity index (χ3v) is 4.37. The SMILES string of the molecule is CCC(CC)CN(CC)c1ccc(CN)c(Br)c1. The maximum Gasteiger partial charge on any atom is 0.0377 e. The van der Waals surface area contributed by atoms with Crippen LogP contribution in [0.5, 0.6) is 0 Å². The highest BCUT2D eigenvalue weighted by atomic mass is 79.9. The Morgan fingerprint density at radius 3 is 2.33 bits per heavy atom. The van der Waals surface area contributed by atoms with E-state index in [1.807, 2.05) is 0 Å². The zero-order valence-corrected chi connectivity index (χ0v) is 13.3. The highest BCUT2D eigenvalue weighted by Gasteiger charge is 2.11. The predicted molar refractivity (Wildman–Crippen MR) is 84.0 cm³/mol. The summed E-state index contributed by atoms with van der Waals surface area (Å²) in [6.45, 7) is 9.53. The van der Waals surface area contributed by atoms with Gasteiger partial charge in [0.25, 0.3) is 0 Å². The molecule has 0 saturated heterocycles. The van der Waals surface area contributed by atoms with Gasteiger partial charge < -0.3 is 10.6 Å². The fourth-order valence-corrected chi connectivity index (χ4v) is 2.70. The maximum atomic E-state index is 5.69. The molecule has 102 valence electrons. The molecule has 0 aliphatic carbocycles. The van der Waals surface area contributed by atoms with Gasteiger partial charge in [-0.15, -0.1) is 0 Å². The van der Waals surface area contributed by atoms with Crippen LogP contribution in [-0.4, -0.2) is 13.1 Å². The molecule has 0 aromatic heterocycles. The van der Waals surface area contributed by atoms with E-state index in [1.165, 1.54) is 18.5 Å². The topological polar surface area (TPSA) is 29.3 Å². The van der Waals surface area contributed by atoms with Gasteiger partial charge in [0, 0.05) is 29.8 Å². The van der Waals surface area contributed by atoms with E-state index in [4.69, 9.17) is 5.73 Å². The molecule has 0 fully saturated rings. The summed E-state index contributed by atoms with van der Waals surface area (Å²) >= 11 is 3.60. The highest BCUT2D eigenvalue weighted by Crippen LogP contribution is 2.25. The van der Waals surface area contributed by atoms with Gasteiger partial charge in [0.2, 0.25) is 0 Å². The lowest BCUT2D eigenvalue weighted by molar-refractivity contribution is 0.486. The monoisotopic (exact) mass is 312 g/mol. The second-order valence-corrected chi connectivity index (χ2v) is 5.56. The van der Waals surface area contributed by atoms with Crippen molar-refractivity contribution in [2.24, 2.45) is 11.7 Å². The van der Waals surface area contributed by atoms with E-state index < -0.39 is 0 Å². The van der Waals surface area contributed by atoms with Gasteiger partial charge in [0.05, 0.1) is 0 Å². The van der Waals surface area contributed by atoms with Crippen molar-refractivity contribution in [1.29, 1.82) is 0 Å². The van der Waals surface area contributed by atoms with Crippen molar-refractivity contribution in [3.05, 3.63) is 28.2 Å². The number of nitrogens with zero attached hydrogens (tertiary/aromatic N) is 1. The second-order valence-electron chi connectivity index (χ2n) is 4.70. The lowest BCUT2D eigenvalue weighted by atomic mass is 10.0. The smallest absolute Gasteiger partial charge is 0.0377 e. The molecule has 0 unspecified atom stereocenters. The van der Waals surface area contributed by atoms with Crippen LogP contribution in [0.25, 0.3) is 0 Å². The van der Waals surface area contributed by atoms with E-state index in [9.17, 15) is 0 Å². The summed E-state index contributed by atoms with van der Waals surface area (Å²) in [5.41, 5.74) is 8.14. The van der Waals surface area contributed by atoms with Gasteiger partial charge in [-0.2, -0.15) is 0 Å². The fraction of sp³-hybridized carbons (Fsp3) is 0.600. The van der Waals surface area contributed by atoms with Gasteiger partial charge in [-0.25, -0.2) is 0 Å². The van der Waals surface area contributed by atoms with E-state index in [0.29, 0.717) is 6.54 Å². The van der Waals surface area contributed by atoms with E-state index >= 15 is 0 Å². The van der Waals surface area contributed by atoms with E-state index in [1.54, 1.807) is 0 Å². The van der Waals surface area contributed by atoms with Crippen molar-refractivity contribution in [2.45, 2.75) is 40.2 Å². The van der Waals surface area contributed by atoms with E-state index in [-0.39, 0.29) is 0 Å². The first-order chi connectivity index (χ1) is 8.65. The van der Waals surface area contributed by atoms with Crippen molar-refractivity contribution in [2.75, 3.05) is 18.0 Å². The van der Waals surface area contributed by atoms with Crippen LogP contribution in [0.15, 0.2) is 22.7 Å². The number of benzene rings is 1. The summed E-state index contributed by atoms with van der Waals surface area (Å²) in [4.78, 5) is 2.45. The molecule has 3 heteroatoms. The Labute approximate surface area is 120 Å². The standard InChI is InChI=1S/C15H25BrN2/c1-4-12(5-2)11-18(6-3)14-8-7-13(10-17)15(16)9-14/h7-9,12H,4-6,10-11,17H2,1-3H3. The van der Waals surface area contributed by atoms with Crippen LogP contribution in [0.3, 0.4) is 0 Å². The van der Waals surface area contributed by atoms with Crippen molar-refractivity contribution in [3.8, 4) is 0 Å². The first-order valence-corrected chi connectivity index (χ1v) is 7.68. The summed E-state index contributed by atoms with van der Waals surface area (Å²) in [7, 11) is 0. The lowest BCUT2D eigenvalue weighted by Gasteiger charge is -2.28. The largest absolute Gasteiger partial charge is 0.372 e. The summed E-state index contributed by atoms with van der Waals surface area (Å²) < 4.78 is 1.12. The summed E-state index contributed by atoms with van der Waals surface area (Å²) in [6.07, 6.45) is 2.49. The molecule has 1 aromatic rings. The Morgan fingerprint density at radius 2 is 1.89 bits per heavy atom. The average Bonchev–Trinajstić information content (AvgIpc) is 2.40. The Morgan fingerprint density at radius 1 is 1.22 bits per heavy atom. The number of nitrogens with two attached hydrogens (primary N) is 1. The molecule has 18 heavy (non-hydrogen) atoms. The van der Waals surface area contributed by atoms with Gasteiger partial charge in [-0.05, 0) is 30.5 Å². The molecule has 0 atom stereocenters. The van der Waals surface area contributed by atoms with Crippen molar-refractivity contribution < 1.29 is 0 Å². The predicted octanol–water partition coefficient (Wildman–Crippen LogP) is 4.17. The van der Waals surface area contributed by atoms with Crippen LogP contribution in [0.1, 0.15) is 39.2 Å². The average molecular weight is 313 g/mol. The van der Waals surface area contributed by atoms with Crippen LogP contribution in [0.4, 0.5) is 5.69 Å². The van der Waals surface area contributed by atoms with Crippen molar-refractivity contribution >= 4 is 21.6 Å². The maximum absolute atomic E-state index is 5.69. The number of anilines is 1. The Kier molecular flexibility index (Phi) is 6.72. The zero-order chi connectivity index (χ0) is 13.5. The van der Waals surface area contributed by atoms with Crippen LogP contribution < -0.4 is 10.6 Å². The van der Waals surface area contributed by atoms with Gasteiger partial charge in [-0.3, -0.25) is 0 Å². The molecular formula is C15H25BrN2. The van der Waals surface area contributed by atoms with Crippen molar-refractivity contribution in [3.63, 3.8) is 0 Å². The Hall–Kier alpha value is -0.540. The minimum Gasteiger partial charge on any atom is -0.372 e. The first kappa shape index (κ1) is 15.5. The molecule has 1 aromatic carbocycles. The summed E-state index contributed by atoms with van der Waals surface area (Å²) in [5.74, 6) is 0.776. The van der Waals surface area contributed by atoms with E-state index in [2.05, 4.69) is 59.8 Å². The van der Waals surface area contributed by atoms with E-state index in [0.717, 1.165) is 29.0 Å². The van der Waals surface area contributed by atoms with Crippen molar-refractivity contribution in [1.82, 2.24) is 0 Å². The first-order valence-electron chi connectivity index (χ1n) is 6.89. The third-order valence-electron chi connectivity index (χ3n) is 3.64. The Bertz CT molecular complexity index is 362. The van der Waals surface area contributed by atoms with Crippen LogP contribution in [0.2, 0.25) is 0 Å². The van der Waals surface area contributed by atoms with Crippen LogP contribution in [0, 0.1) is 5.92 Å². The third kappa shape index (κ3) is 3.99. The quantitative estimate of drug-likeness (QED) is 0.818. The van der Waals surface area contributed by atoms with Gasteiger partial charge in [-0.1, -0.05) is 48.7 Å². The molecule has 0 heterocycles. The molecule has 2 nitrogen and oxygen atoms in total. The lowest BCUT2D eigenvalue weighted by Crippen LogP contribution is -2.29. The van der Waals surface area contributed by atoms with Gasteiger partial charge in [0.15, 0.2) is 0 Å². The number of halogens is 1. The minimum absolute atomic E-state index is 0.583. The molecule has 0 spiro atoms.